The molecule has 5 nitrogen and oxygen atoms in total. The summed E-state index contributed by atoms with van der Waals surface area (Å²) in [6.07, 6.45) is 8.19. The van der Waals surface area contributed by atoms with Gasteiger partial charge in [-0.3, -0.25) is 4.84 Å². The molecule has 2 aliphatic rings. The maximum Gasteiger partial charge on any atom is 0.407 e. The molecule has 1 saturated carbocycles. The second kappa shape index (κ2) is 9.91. The molecule has 2 fully saturated rings. The summed E-state index contributed by atoms with van der Waals surface area (Å²) in [5.74, 6) is 0. The highest BCUT2D eigenvalue weighted by atomic mass is 16.7. The molecule has 1 aromatic rings. The molecule has 1 N–H and O–H groups in total. The lowest BCUT2D eigenvalue weighted by Gasteiger charge is -2.58. The van der Waals surface area contributed by atoms with Gasteiger partial charge in [0.15, 0.2) is 0 Å². The standard InChI is InChI=1S/C26H42N2O3/c1-6-26(7-2)19-23(27(24(29)30)22-16-12-9-13-17-22)18-25(4,5)28(26)31-20(3)21-14-10-8-11-15-21/h8,10-11,14-15,20,22-23H,6-7,9,12-13,16-19H2,1-5H3,(H,29,30). The van der Waals surface area contributed by atoms with E-state index in [9.17, 15) is 9.90 Å². The number of hydroxylamine groups is 2. The van der Waals surface area contributed by atoms with Crippen LogP contribution < -0.4 is 0 Å². The van der Waals surface area contributed by atoms with E-state index < -0.39 is 6.09 Å². The first-order chi connectivity index (χ1) is 14.7. The molecule has 1 amide bonds. The molecule has 3 rings (SSSR count). The number of benzene rings is 1. The summed E-state index contributed by atoms with van der Waals surface area (Å²) >= 11 is 0. The summed E-state index contributed by atoms with van der Waals surface area (Å²) in [6.45, 7) is 11.0. The van der Waals surface area contributed by atoms with E-state index >= 15 is 0 Å². The van der Waals surface area contributed by atoms with Crippen LogP contribution in [0.5, 0.6) is 0 Å². The molecular weight excluding hydrogens is 388 g/mol. The summed E-state index contributed by atoms with van der Waals surface area (Å²) in [5.41, 5.74) is 0.717. The van der Waals surface area contributed by atoms with Crippen molar-refractivity contribution in [1.29, 1.82) is 0 Å². The van der Waals surface area contributed by atoms with Gasteiger partial charge >= 0.3 is 6.09 Å². The number of carbonyl (C=O) groups is 1. The Kier molecular flexibility index (Phi) is 7.69. The zero-order valence-electron chi connectivity index (χ0n) is 20.1. The quantitative estimate of drug-likeness (QED) is 0.517. The Morgan fingerprint density at radius 3 is 2.26 bits per heavy atom. The van der Waals surface area contributed by atoms with Gasteiger partial charge in [-0.25, -0.2) is 4.79 Å². The van der Waals surface area contributed by atoms with Gasteiger partial charge in [0.25, 0.3) is 0 Å². The molecule has 0 spiro atoms. The van der Waals surface area contributed by atoms with Crippen molar-refractivity contribution in [3.8, 4) is 0 Å². The van der Waals surface area contributed by atoms with E-state index in [4.69, 9.17) is 4.84 Å². The lowest BCUT2D eigenvalue weighted by Crippen LogP contribution is -2.67. The van der Waals surface area contributed by atoms with Crippen LogP contribution in [0, 0.1) is 0 Å². The minimum atomic E-state index is -0.749. The number of hydrogen-bond acceptors (Lipinski definition) is 3. The Labute approximate surface area is 188 Å². The highest BCUT2D eigenvalue weighted by molar-refractivity contribution is 5.66. The average molecular weight is 431 g/mol. The van der Waals surface area contributed by atoms with E-state index in [0.29, 0.717) is 0 Å². The minimum absolute atomic E-state index is 0.0300. The maximum absolute atomic E-state index is 12.4. The van der Waals surface area contributed by atoms with E-state index in [1.165, 1.54) is 6.42 Å². The molecule has 0 bridgehead atoms. The first-order valence-electron chi connectivity index (χ1n) is 12.3. The Morgan fingerprint density at radius 1 is 1.10 bits per heavy atom. The van der Waals surface area contributed by atoms with Crippen molar-refractivity contribution in [3.05, 3.63) is 35.9 Å². The summed E-state index contributed by atoms with van der Waals surface area (Å²) in [5, 5.41) is 12.4. The van der Waals surface area contributed by atoms with Gasteiger partial charge in [-0.15, -0.1) is 0 Å². The van der Waals surface area contributed by atoms with Crippen molar-refractivity contribution in [2.24, 2.45) is 0 Å². The van der Waals surface area contributed by atoms with Crippen molar-refractivity contribution in [3.63, 3.8) is 0 Å². The Bertz CT molecular complexity index is 711. The van der Waals surface area contributed by atoms with E-state index in [1.54, 1.807) is 0 Å². The fraction of sp³-hybridized carbons (Fsp3) is 0.731. The lowest BCUT2D eigenvalue weighted by molar-refractivity contribution is -0.319. The molecule has 5 heteroatoms. The third-order valence-corrected chi connectivity index (χ3v) is 7.76. The zero-order chi connectivity index (χ0) is 22.6. The number of amides is 1. The van der Waals surface area contributed by atoms with Crippen molar-refractivity contribution in [2.45, 2.75) is 122 Å². The van der Waals surface area contributed by atoms with Gasteiger partial charge in [-0.05, 0) is 64.9 Å². The van der Waals surface area contributed by atoms with Crippen LogP contribution in [0.25, 0.3) is 0 Å². The molecule has 1 aromatic carbocycles. The second-order valence-electron chi connectivity index (χ2n) is 10.2. The Balaban J connectivity index is 1.88. The van der Waals surface area contributed by atoms with Crippen molar-refractivity contribution >= 4 is 6.09 Å². The van der Waals surface area contributed by atoms with Crippen molar-refractivity contribution in [2.75, 3.05) is 0 Å². The Hall–Kier alpha value is -1.59. The second-order valence-corrected chi connectivity index (χ2v) is 10.2. The monoisotopic (exact) mass is 430 g/mol. The van der Waals surface area contributed by atoms with Crippen molar-refractivity contribution in [1.82, 2.24) is 9.96 Å². The third kappa shape index (κ3) is 5.09. The summed E-state index contributed by atoms with van der Waals surface area (Å²) in [4.78, 5) is 20.9. The van der Waals surface area contributed by atoms with Gasteiger partial charge in [0.2, 0.25) is 0 Å². The van der Waals surface area contributed by atoms with Gasteiger partial charge in [-0.2, -0.15) is 5.06 Å². The van der Waals surface area contributed by atoms with Crippen LogP contribution in [-0.4, -0.2) is 44.3 Å². The molecule has 1 heterocycles. The van der Waals surface area contributed by atoms with Gasteiger partial charge in [0.05, 0.1) is 0 Å². The molecule has 0 aromatic heterocycles. The van der Waals surface area contributed by atoms with E-state index in [1.807, 2.05) is 23.1 Å². The first-order valence-corrected chi connectivity index (χ1v) is 12.3. The van der Waals surface area contributed by atoms with E-state index in [0.717, 1.165) is 56.9 Å². The smallest absolute Gasteiger partial charge is 0.407 e. The van der Waals surface area contributed by atoms with Crippen LogP contribution in [-0.2, 0) is 4.84 Å². The van der Waals surface area contributed by atoms with Crippen molar-refractivity contribution < 1.29 is 14.7 Å². The number of hydrogen-bond donors (Lipinski definition) is 1. The lowest BCUT2D eigenvalue weighted by atomic mass is 9.73. The van der Waals surface area contributed by atoms with Gasteiger partial charge in [-0.1, -0.05) is 63.4 Å². The van der Waals surface area contributed by atoms with Crippen LogP contribution in [0.4, 0.5) is 4.79 Å². The largest absolute Gasteiger partial charge is 0.465 e. The molecule has 2 atom stereocenters. The SMILES string of the molecule is CCC1(CC)CC(N(C(=O)O)C2CCCCC2)CC(C)(C)N1OC(C)c1ccccc1. The predicted molar refractivity (Wildman–Crippen MR) is 125 cm³/mol. The summed E-state index contributed by atoms with van der Waals surface area (Å²) in [6, 6.07) is 10.5. The number of carboxylic acid groups (broad SMARTS) is 1. The third-order valence-electron chi connectivity index (χ3n) is 7.76. The van der Waals surface area contributed by atoms with Gasteiger partial charge < -0.3 is 10.0 Å². The van der Waals surface area contributed by atoms with Crippen LogP contribution in [0.15, 0.2) is 30.3 Å². The first kappa shape index (κ1) is 24.1. The summed E-state index contributed by atoms with van der Waals surface area (Å²) < 4.78 is 0. The number of piperidine rings is 1. The topological polar surface area (TPSA) is 53.0 Å². The molecule has 2 unspecified atom stereocenters. The van der Waals surface area contributed by atoms with Crippen LogP contribution in [0.3, 0.4) is 0 Å². The zero-order valence-corrected chi connectivity index (χ0v) is 20.1. The van der Waals surface area contributed by atoms with Crippen LogP contribution in [0.1, 0.15) is 104 Å². The molecule has 1 aliphatic heterocycles. The normalized spacial score (nSPS) is 25.1. The fourth-order valence-corrected chi connectivity index (χ4v) is 6.09. The number of rotatable bonds is 7. The molecule has 0 radical (unpaired) electrons. The van der Waals surface area contributed by atoms with E-state index in [2.05, 4.69) is 51.8 Å². The molecular formula is C26H42N2O3. The average Bonchev–Trinajstić information content (AvgIpc) is 2.76. The highest BCUT2D eigenvalue weighted by Gasteiger charge is 2.53. The molecule has 1 saturated heterocycles. The van der Waals surface area contributed by atoms with E-state index in [-0.39, 0.29) is 29.3 Å². The maximum atomic E-state index is 12.4. The van der Waals surface area contributed by atoms with Crippen LogP contribution >= 0.6 is 0 Å². The molecule has 1 aliphatic carbocycles. The minimum Gasteiger partial charge on any atom is -0.465 e. The fourth-order valence-electron chi connectivity index (χ4n) is 6.09. The van der Waals surface area contributed by atoms with Crippen LogP contribution in [0.2, 0.25) is 0 Å². The highest BCUT2D eigenvalue weighted by Crippen LogP contribution is 2.46. The Morgan fingerprint density at radius 2 is 1.71 bits per heavy atom. The molecule has 174 valence electrons. The molecule has 31 heavy (non-hydrogen) atoms. The van der Waals surface area contributed by atoms with Gasteiger partial charge in [0.1, 0.15) is 6.10 Å². The summed E-state index contributed by atoms with van der Waals surface area (Å²) in [7, 11) is 0. The number of nitrogens with zero attached hydrogens (tertiary/aromatic N) is 2. The predicted octanol–water partition coefficient (Wildman–Crippen LogP) is 6.79. The van der Waals surface area contributed by atoms with Gasteiger partial charge in [0, 0.05) is 23.2 Å².